The van der Waals surface area contributed by atoms with Crippen LogP contribution in [-0.4, -0.2) is 102 Å². The molecule has 2 aromatic carbocycles. The zero-order valence-electron chi connectivity index (χ0n) is 27.9. The third-order valence-electron chi connectivity index (χ3n) is 9.02. The highest BCUT2D eigenvalue weighted by Gasteiger charge is 2.31. The molecule has 48 heavy (non-hydrogen) atoms. The van der Waals surface area contributed by atoms with Gasteiger partial charge in [0.2, 0.25) is 11.8 Å². The first-order chi connectivity index (χ1) is 23.2. The van der Waals surface area contributed by atoms with E-state index in [1.807, 2.05) is 29.2 Å². The van der Waals surface area contributed by atoms with Gasteiger partial charge < -0.3 is 19.9 Å². The first-order valence-corrected chi connectivity index (χ1v) is 20.3. The average molecular weight is 666 g/mol. The van der Waals surface area contributed by atoms with Crippen LogP contribution in [0.25, 0.3) is 22.3 Å². The number of hydrogen-bond donors (Lipinski definition) is 1. The molecule has 2 amide bonds. The van der Waals surface area contributed by atoms with Crippen LogP contribution in [0.4, 0.5) is 11.4 Å². The molecule has 2 aromatic heterocycles. The molecule has 0 saturated carbocycles. The lowest BCUT2D eigenvalue weighted by atomic mass is 10.1. The minimum absolute atomic E-state index is 0.0802. The van der Waals surface area contributed by atoms with Gasteiger partial charge in [-0.3, -0.25) is 14.5 Å². The number of anilines is 2. The van der Waals surface area contributed by atoms with E-state index in [9.17, 15) is 14.9 Å². The van der Waals surface area contributed by atoms with Crippen molar-refractivity contribution in [3.05, 3.63) is 66.6 Å². The maximum atomic E-state index is 13.2. The summed E-state index contributed by atoms with van der Waals surface area (Å²) in [6.07, 6.45) is 4.17. The SMILES string of the molecule is C[Si](C)(C)CCOCn1nc(C#N)c2cc(NC(=O)[C@@H]3CCN(CC(=O)N4CCN(c5ccc(-c6ncccn6)cc5)CC4)C3)ccc21. The lowest BCUT2D eigenvalue weighted by Crippen LogP contribution is -2.51. The van der Waals surface area contributed by atoms with E-state index in [1.54, 1.807) is 29.2 Å². The van der Waals surface area contributed by atoms with Crippen molar-refractivity contribution in [2.24, 2.45) is 5.92 Å². The van der Waals surface area contributed by atoms with Crippen LogP contribution in [0.15, 0.2) is 60.9 Å². The Morgan fingerprint density at radius 1 is 1.02 bits per heavy atom. The predicted molar refractivity (Wildman–Crippen MR) is 188 cm³/mol. The van der Waals surface area contributed by atoms with Crippen molar-refractivity contribution in [1.82, 2.24) is 29.5 Å². The molecule has 0 aliphatic carbocycles. The van der Waals surface area contributed by atoms with Crippen LogP contribution in [-0.2, 0) is 21.1 Å². The standard InChI is InChI=1S/C35H43N9O3Si/c1-48(2,3)20-19-47-25-44-32-10-7-28(21-30(32)31(22-36)40-44)39-35(46)27-11-14-41(23-27)24-33(45)43-17-15-42(16-18-43)29-8-5-26(6-9-29)34-37-12-4-13-38-34/h4-10,12-13,21,27H,11,14-20,23-25H2,1-3H3,(H,39,46)/t27-/m1/s1. The van der Waals surface area contributed by atoms with Crippen molar-refractivity contribution in [3.8, 4) is 17.5 Å². The summed E-state index contributed by atoms with van der Waals surface area (Å²) >= 11 is 0. The molecule has 12 nitrogen and oxygen atoms in total. The van der Waals surface area contributed by atoms with Gasteiger partial charge in [-0.25, -0.2) is 14.6 Å². The number of nitrogens with one attached hydrogen (secondary N) is 1. The second-order valence-electron chi connectivity index (χ2n) is 13.7. The Balaban J connectivity index is 0.965. The van der Waals surface area contributed by atoms with Gasteiger partial charge in [-0.15, -0.1) is 0 Å². The normalized spacial score (nSPS) is 17.1. The van der Waals surface area contributed by atoms with Crippen molar-refractivity contribution in [2.45, 2.75) is 38.8 Å². The number of fused-ring (bicyclic) bond motifs is 1. The van der Waals surface area contributed by atoms with Crippen LogP contribution in [0.2, 0.25) is 25.7 Å². The number of benzene rings is 2. The average Bonchev–Trinajstić information content (AvgIpc) is 3.71. The molecular weight excluding hydrogens is 623 g/mol. The second-order valence-corrected chi connectivity index (χ2v) is 19.4. The number of carbonyl (C=O) groups is 2. The smallest absolute Gasteiger partial charge is 0.236 e. The summed E-state index contributed by atoms with van der Waals surface area (Å²) in [4.78, 5) is 41.3. The summed E-state index contributed by atoms with van der Waals surface area (Å²) in [6.45, 7) is 12.3. The van der Waals surface area contributed by atoms with Crippen LogP contribution in [0, 0.1) is 17.2 Å². The van der Waals surface area contributed by atoms with Crippen molar-refractivity contribution < 1.29 is 14.3 Å². The first-order valence-electron chi connectivity index (χ1n) is 16.6. The number of rotatable bonds is 11. The number of nitriles is 1. The molecule has 250 valence electrons. The van der Waals surface area contributed by atoms with Gasteiger partial charge in [0.15, 0.2) is 11.5 Å². The summed E-state index contributed by atoms with van der Waals surface area (Å²) in [7, 11) is -1.20. The zero-order valence-corrected chi connectivity index (χ0v) is 28.9. The number of nitrogens with zero attached hydrogens (tertiary/aromatic N) is 8. The summed E-state index contributed by atoms with van der Waals surface area (Å²) < 4.78 is 7.56. The van der Waals surface area contributed by atoms with Crippen molar-refractivity contribution in [1.29, 1.82) is 5.26 Å². The zero-order chi connectivity index (χ0) is 33.7. The summed E-state index contributed by atoms with van der Waals surface area (Å²) in [5, 5.41) is 17.8. The van der Waals surface area contributed by atoms with E-state index in [0.717, 1.165) is 35.9 Å². The molecule has 1 N–H and O–H groups in total. The summed E-state index contributed by atoms with van der Waals surface area (Å²) in [6, 6.07) is 18.8. The van der Waals surface area contributed by atoms with E-state index < -0.39 is 8.07 Å². The van der Waals surface area contributed by atoms with Gasteiger partial charge in [0.25, 0.3) is 0 Å². The largest absolute Gasteiger partial charge is 0.368 e. The lowest BCUT2D eigenvalue weighted by Gasteiger charge is -2.36. The van der Waals surface area contributed by atoms with Crippen LogP contribution in [0.3, 0.4) is 0 Å². The van der Waals surface area contributed by atoms with Crippen LogP contribution in [0.5, 0.6) is 0 Å². The number of aromatic nitrogens is 4. The Kier molecular flexibility index (Phi) is 10.1. The van der Waals surface area contributed by atoms with Crippen LogP contribution >= 0.6 is 0 Å². The topological polar surface area (TPSA) is 133 Å². The molecular formula is C35H43N9O3Si. The molecule has 0 radical (unpaired) electrons. The van der Waals surface area contributed by atoms with E-state index in [4.69, 9.17) is 4.74 Å². The van der Waals surface area contributed by atoms with Gasteiger partial charge in [-0.1, -0.05) is 19.6 Å². The molecule has 2 aliphatic rings. The van der Waals surface area contributed by atoms with Crippen LogP contribution < -0.4 is 10.2 Å². The number of ether oxygens (including phenoxy) is 1. The fourth-order valence-corrected chi connectivity index (χ4v) is 6.93. The molecule has 2 aliphatic heterocycles. The Bertz CT molecular complexity index is 1780. The minimum Gasteiger partial charge on any atom is -0.368 e. The van der Waals surface area contributed by atoms with E-state index in [0.29, 0.717) is 68.3 Å². The molecule has 4 aromatic rings. The first kappa shape index (κ1) is 33.3. The predicted octanol–water partition coefficient (Wildman–Crippen LogP) is 4.29. The number of piperazine rings is 1. The number of hydrogen-bond acceptors (Lipinski definition) is 9. The van der Waals surface area contributed by atoms with Gasteiger partial charge >= 0.3 is 0 Å². The molecule has 2 saturated heterocycles. The molecule has 0 unspecified atom stereocenters. The van der Waals surface area contributed by atoms with E-state index in [1.165, 1.54) is 0 Å². The molecule has 6 rings (SSSR count). The molecule has 2 fully saturated rings. The quantitative estimate of drug-likeness (QED) is 0.184. The number of amides is 2. The highest BCUT2D eigenvalue weighted by molar-refractivity contribution is 6.76. The fraction of sp³-hybridized carbons (Fsp3) is 0.429. The van der Waals surface area contributed by atoms with Gasteiger partial charge in [0, 0.05) is 82.1 Å². The van der Waals surface area contributed by atoms with Crippen molar-refractivity contribution in [3.63, 3.8) is 0 Å². The van der Waals surface area contributed by atoms with Gasteiger partial charge in [0.05, 0.1) is 18.0 Å². The van der Waals surface area contributed by atoms with E-state index in [-0.39, 0.29) is 24.5 Å². The third kappa shape index (κ3) is 8.07. The Labute approximate surface area is 282 Å². The molecule has 13 heteroatoms. The Morgan fingerprint density at radius 3 is 2.48 bits per heavy atom. The Hall–Kier alpha value is -4.64. The van der Waals surface area contributed by atoms with E-state index in [2.05, 4.69) is 68.0 Å². The molecule has 0 spiro atoms. The summed E-state index contributed by atoms with van der Waals surface area (Å²) in [5.74, 6) is 0.508. The Morgan fingerprint density at radius 2 is 1.77 bits per heavy atom. The summed E-state index contributed by atoms with van der Waals surface area (Å²) in [5.41, 5.74) is 3.81. The third-order valence-corrected chi connectivity index (χ3v) is 10.7. The number of carbonyl (C=O) groups excluding carboxylic acids is 2. The van der Waals surface area contributed by atoms with Gasteiger partial charge in [0.1, 0.15) is 12.8 Å². The van der Waals surface area contributed by atoms with E-state index >= 15 is 0 Å². The fourth-order valence-electron chi connectivity index (χ4n) is 6.18. The second kappa shape index (κ2) is 14.6. The maximum Gasteiger partial charge on any atom is 0.236 e. The van der Waals surface area contributed by atoms with Crippen LogP contribution in [0.1, 0.15) is 12.1 Å². The molecule has 0 bridgehead atoms. The maximum absolute atomic E-state index is 13.2. The van der Waals surface area contributed by atoms with Gasteiger partial charge in [-0.2, -0.15) is 10.4 Å². The highest BCUT2D eigenvalue weighted by Crippen LogP contribution is 2.26. The van der Waals surface area contributed by atoms with Crippen molar-refractivity contribution in [2.75, 3.05) is 62.6 Å². The minimum atomic E-state index is -1.20. The van der Waals surface area contributed by atoms with Crippen molar-refractivity contribution >= 4 is 42.2 Å². The highest BCUT2D eigenvalue weighted by atomic mass is 28.3. The molecule has 1 atom stereocenters. The number of likely N-dealkylation sites (tertiary alicyclic amines) is 1. The molecule has 4 heterocycles. The lowest BCUT2D eigenvalue weighted by molar-refractivity contribution is -0.132. The monoisotopic (exact) mass is 665 g/mol. The van der Waals surface area contributed by atoms with Gasteiger partial charge in [-0.05, 0) is 67.5 Å².